The minimum absolute atomic E-state index is 0.152. The second-order valence-corrected chi connectivity index (χ2v) is 5.80. The number of phenolic OH excluding ortho intramolecular Hbond substituents is 1. The summed E-state index contributed by atoms with van der Waals surface area (Å²) >= 11 is 0. The standard InChI is InChI=1S/C19H15F3N2O3/c1-27-14-5-3-12(4-6-14)9-15-16(19(20,21)22)10-13(11-17(15)25)18(26)24-8-2-7-23-24/h2-8,10-11,25H,9H2,1H3. The molecule has 8 heteroatoms. The van der Waals surface area contributed by atoms with E-state index in [1.165, 1.54) is 25.6 Å². The first-order valence-corrected chi connectivity index (χ1v) is 7.90. The molecular weight excluding hydrogens is 361 g/mol. The third-order valence-electron chi connectivity index (χ3n) is 4.03. The van der Waals surface area contributed by atoms with Gasteiger partial charge in [-0.05, 0) is 35.9 Å². The third-order valence-corrected chi connectivity index (χ3v) is 4.03. The van der Waals surface area contributed by atoms with Crippen LogP contribution in [0.15, 0.2) is 54.9 Å². The van der Waals surface area contributed by atoms with E-state index < -0.39 is 23.4 Å². The van der Waals surface area contributed by atoms with Crippen LogP contribution in [0, 0.1) is 0 Å². The molecule has 0 fully saturated rings. The summed E-state index contributed by atoms with van der Waals surface area (Å²) in [5.41, 5.74) is -1.11. The second-order valence-electron chi connectivity index (χ2n) is 5.80. The molecular formula is C19H15F3N2O3. The summed E-state index contributed by atoms with van der Waals surface area (Å²) < 4.78 is 46.6. The first-order valence-electron chi connectivity index (χ1n) is 7.90. The highest BCUT2D eigenvalue weighted by atomic mass is 19.4. The van der Waals surface area contributed by atoms with Gasteiger partial charge in [-0.2, -0.15) is 18.3 Å². The van der Waals surface area contributed by atoms with Crippen LogP contribution in [-0.4, -0.2) is 27.9 Å². The summed E-state index contributed by atoms with van der Waals surface area (Å²) in [5, 5.41) is 14.0. The van der Waals surface area contributed by atoms with Crippen molar-refractivity contribution in [2.75, 3.05) is 7.11 Å². The summed E-state index contributed by atoms with van der Waals surface area (Å²) in [7, 11) is 1.48. The maximum Gasteiger partial charge on any atom is 0.416 e. The van der Waals surface area contributed by atoms with E-state index in [0.29, 0.717) is 11.3 Å². The smallest absolute Gasteiger partial charge is 0.416 e. The number of aromatic hydroxyl groups is 1. The molecule has 1 N–H and O–H groups in total. The van der Waals surface area contributed by atoms with Gasteiger partial charge in [0.15, 0.2) is 0 Å². The van der Waals surface area contributed by atoms with Crippen molar-refractivity contribution in [3.63, 3.8) is 0 Å². The van der Waals surface area contributed by atoms with Gasteiger partial charge in [-0.1, -0.05) is 12.1 Å². The molecule has 0 aliphatic carbocycles. The van der Waals surface area contributed by atoms with Crippen molar-refractivity contribution >= 4 is 5.91 Å². The van der Waals surface area contributed by atoms with E-state index >= 15 is 0 Å². The summed E-state index contributed by atoms with van der Waals surface area (Å²) in [6.45, 7) is 0. The molecule has 1 heterocycles. The topological polar surface area (TPSA) is 64.3 Å². The predicted octanol–water partition coefficient (Wildman–Crippen LogP) is 3.90. The van der Waals surface area contributed by atoms with Gasteiger partial charge in [0.2, 0.25) is 0 Å². The fourth-order valence-electron chi connectivity index (χ4n) is 2.69. The highest BCUT2D eigenvalue weighted by molar-refractivity contribution is 5.96. The largest absolute Gasteiger partial charge is 0.508 e. The van der Waals surface area contributed by atoms with Crippen LogP contribution in [0.25, 0.3) is 0 Å². The van der Waals surface area contributed by atoms with E-state index in [4.69, 9.17) is 4.74 Å². The molecule has 0 spiro atoms. The first-order chi connectivity index (χ1) is 12.8. The van der Waals surface area contributed by atoms with E-state index in [1.54, 1.807) is 24.3 Å². The number of nitrogens with zero attached hydrogens (tertiary/aromatic N) is 2. The third kappa shape index (κ3) is 3.94. The molecule has 0 unspecified atom stereocenters. The van der Waals surface area contributed by atoms with Crippen LogP contribution in [0.4, 0.5) is 13.2 Å². The molecule has 0 amide bonds. The quantitative estimate of drug-likeness (QED) is 0.750. The van der Waals surface area contributed by atoms with Crippen molar-refractivity contribution in [2.24, 2.45) is 0 Å². The molecule has 5 nitrogen and oxygen atoms in total. The molecule has 0 radical (unpaired) electrons. The van der Waals surface area contributed by atoms with Gasteiger partial charge < -0.3 is 9.84 Å². The van der Waals surface area contributed by atoms with Gasteiger partial charge in [0, 0.05) is 29.9 Å². The number of benzene rings is 2. The van der Waals surface area contributed by atoms with Gasteiger partial charge in [0.25, 0.3) is 5.91 Å². The van der Waals surface area contributed by atoms with Crippen LogP contribution in [0.1, 0.15) is 27.0 Å². The van der Waals surface area contributed by atoms with Crippen molar-refractivity contribution in [1.82, 2.24) is 9.78 Å². The first kappa shape index (κ1) is 18.5. The average Bonchev–Trinajstić information content (AvgIpc) is 3.17. The predicted molar refractivity (Wildman–Crippen MR) is 90.9 cm³/mol. The van der Waals surface area contributed by atoms with Gasteiger partial charge in [-0.15, -0.1) is 0 Å². The number of carbonyl (C=O) groups is 1. The lowest BCUT2D eigenvalue weighted by atomic mass is 9.95. The number of aromatic nitrogens is 2. The molecule has 0 aliphatic heterocycles. The molecule has 27 heavy (non-hydrogen) atoms. The Kier molecular flexibility index (Phi) is 4.89. The van der Waals surface area contributed by atoms with Gasteiger partial charge in [-0.25, -0.2) is 4.68 Å². The number of methoxy groups -OCH3 is 1. The number of hydrogen-bond acceptors (Lipinski definition) is 4. The van der Waals surface area contributed by atoms with Crippen LogP contribution >= 0.6 is 0 Å². The lowest BCUT2D eigenvalue weighted by molar-refractivity contribution is -0.138. The Morgan fingerprint density at radius 1 is 1.22 bits per heavy atom. The molecule has 0 bridgehead atoms. The number of hydrogen-bond donors (Lipinski definition) is 1. The van der Waals surface area contributed by atoms with E-state index in [9.17, 15) is 23.1 Å². The molecule has 1 aromatic heterocycles. The minimum atomic E-state index is -4.74. The average molecular weight is 376 g/mol. The Hall–Kier alpha value is -3.29. The summed E-state index contributed by atoms with van der Waals surface area (Å²) in [4.78, 5) is 12.3. The Morgan fingerprint density at radius 3 is 2.48 bits per heavy atom. The number of halogens is 3. The molecule has 0 saturated carbocycles. The monoisotopic (exact) mass is 376 g/mol. The lowest BCUT2D eigenvalue weighted by Crippen LogP contribution is -2.16. The zero-order valence-corrected chi connectivity index (χ0v) is 14.2. The Morgan fingerprint density at radius 2 is 1.93 bits per heavy atom. The van der Waals surface area contributed by atoms with Gasteiger partial charge in [0.1, 0.15) is 11.5 Å². The zero-order chi connectivity index (χ0) is 19.6. The number of rotatable bonds is 4. The molecule has 140 valence electrons. The SMILES string of the molecule is COc1ccc(Cc2c(O)cc(C(=O)n3cccn3)cc2C(F)(F)F)cc1. The number of carbonyl (C=O) groups excluding carboxylic acids is 1. The minimum Gasteiger partial charge on any atom is -0.508 e. The lowest BCUT2D eigenvalue weighted by Gasteiger charge is -2.16. The number of ether oxygens (including phenoxy) is 1. The Labute approximate surface area is 152 Å². The molecule has 2 aromatic carbocycles. The maximum absolute atomic E-state index is 13.6. The highest BCUT2D eigenvalue weighted by Crippen LogP contribution is 2.38. The molecule has 3 rings (SSSR count). The Balaban J connectivity index is 2.03. The fourth-order valence-corrected chi connectivity index (χ4v) is 2.69. The Bertz CT molecular complexity index is 950. The van der Waals surface area contributed by atoms with E-state index in [1.807, 2.05) is 0 Å². The normalized spacial score (nSPS) is 11.4. The van der Waals surface area contributed by atoms with E-state index in [2.05, 4.69) is 5.10 Å². The molecule has 0 aliphatic rings. The number of alkyl halides is 3. The second kappa shape index (κ2) is 7.14. The van der Waals surface area contributed by atoms with Crippen molar-refractivity contribution in [2.45, 2.75) is 12.6 Å². The fraction of sp³-hybridized carbons (Fsp3) is 0.158. The van der Waals surface area contributed by atoms with Gasteiger partial charge in [-0.3, -0.25) is 4.79 Å². The van der Waals surface area contributed by atoms with Crippen molar-refractivity contribution in [1.29, 1.82) is 0 Å². The van der Waals surface area contributed by atoms with Crippen LogP contribution < -0.4 is 4.74 Å². The molecule has 3 aromatic rings. The summed E-state index contributed by atoms with van der Waals surface area (Å²) in [6, 6.07) is 9.70. The highest BCUT2D eigenvalue weighted by Gasteiger charge is 2.35. The van der Waals surface area contributed by atoms with Crippen LogP contribution in [0.3, 0.4) is 0 Å². The van der Waals surface area contributed by atoms with Crippen molar-refractivity contribution < 1.29 is 27.8 Å². The van der Waals surface area contributed by atoms with E-state index in [-0.39, 0.29) is 17.5 Å². The van der Waals surface area contributed by atoms with Gasteiger partial charge in [0.05, 0.1) is 12.7 Å². The van der Waals surface area contributed by atoms with Crippen LogP contribution in [0.5, 0.6) is 11.5 Å². The van der Waals surface area contributed by atoms with Crippen LogP contribution in [0.2, 0.25) is 0 Å². The number of phenols is 1. The van der Waals surface area contributed by atoms with Gasteiger partial charge >= 0.3 is 6.18 Å². The van der Waals surface area contributed by atoms with Crippen molar-refractivity contribution in [3.05, 3.63) is 77.1 Å². The molecule has 0 saturated heterocycles. The van der Waals surface area contributed by atoms with Crippen LogP contribution in [-0.2, 0) is 12.6 Å². The summed E-state index contributed by atoms with van der Waals surface area (Å²) in [6.07, 6.45) is -2.24. The van der Waals surface area contributed by atoms with Crippen molar-refractivity contribution in [3.8, 4) is 11.5 Å². The summed E-state index contributed by atoms with van der Waals surface area (Å²) in [5.74, 6) is -0.799. The zero-order valence-electron chi connectivity index (χ0n) is 14.2. The molecule has 0 atom stereocenters. The maximum atomic E-state index is 13.6. The van der Waals surface area contributed by atoms with E-state index in [0.717, 1.165) is 16.8 Å².